The second kappa shape index (κ2) is 9.91. The zero-order chi connectivity index (χ0) is 19.6. The Morgan fingerprint density at radius 1 is 1.11 bits per heavy atom. The van der Waals surface area contributed by atoms with E-state index in [1.807, 2.05) is 30.3 Å². The van der Waals surface area contributed by atoms with Crippen LogP contribution in [0.1, 0.15) is 30.5 Å². The molecule has 0 heterocycles. The summed E-state index contributed by atoms with van der Waals surface area (Å²) in [4.78, 5) is 34.4. The van der Waals surface area contributed by atoms with Crippen molar-refractivity contribution in [3.05, 3.63) is 75.8 Å². The van der Waals surface area contributed by atoms with Gasteiger partial charge in [-0.2, -0.15) is 0 Å². The van der Waals surface area contributed by atoms with E-state index in [1.165, 1.54) is 18.2 Å². The van der Waals surface area contributed by atoms with Crippen molar-refractivity contribution in [2.75, 3.05) is 6.61 Å². The maximum absolute atomic E-state index is 12.1. The first-order valence-electron chi connectivity index (χ1n) is 8.36. The molecule has 0 saturated carbocycles. The van der Waals surface area contributed by atoms with Crippen molar-refractivity contribution in [1.29, 1.82) is 0 Å². The van der Waals surface area contributed by atoms with E-state index in [2.05, 4.69) is 5.32 Å². The Kier molecular flexibility index (Phi) is 7.30. The number of nitrogens with zero attached hydrogens (tertiary/aromatic N) is 1. The van der Waals surface area contributed by atoms with Crippen LogP contribution in [0.5, 0.6) is 0 Å². The van der Waals surface area contributed by atoms with Gasteiger partial charge in [-0.25, -0.2) is 4.79 Å². The van der Waals surface area contributed by atoms with Crippen LogP contribution in [-0.4, -0.2) is 23.6 Å². The van der Waals surface area contributed by atoms with E-state index in [1.54, 1.807) is 13.0 Å². The van der Waals surface area contributed by atoms with E-state index in [0.29, 0.717) is 5.56 Å². The molecule has 27 heavy (non-hydrogen) atoms. The first-order valence-corrected chi connectivity index (χ1v) is 8.36. The number of ether oxygens (including phenoxy) is 2. The molecule has 0 radical (unpaired) electrons. The predicted octanol–water partition coefficient (Wildman–Crippen LogP) is 3.52. The summed E-state index contributed by atoms with van der Waals surface area (Å²) in [5.41, 5.74) is 1.08. The lowest BCUT2D eigenvalue weighted by molar-refractivity contribution is -0.384. The highest BCUT2D eigenvalue weighted by molar-refractivity contribution is 5.73. The number of nitro groups is 1. The minimum atomic E-state index is -0.813. The van der Waals surface area contributed by atoms with E-state index in [0.717, 1.165) is 5.56 Å². The molecule has 1 N–H and O–H groups in total. The maximum Gasteiger partial charge on any atom is 0.407 e. The Morgan fingerprint density at radius 2 is 1.85 bits per heavy atom. The van der Waals surface area contributed by atoms with Gasteiger partial charge in [0.05, 0.1) is 24.0 Å². The van der Waals surface area contributed by atoms with Crippen LogP contribution in [0.3, 0.4) is 0 Å². The van der Waals surface area contributed by atoms with Crippen molar-refractivity contribution in [2.45, 2.75) is 26.0 Å². The second-order valence-corrected chi connectivity index (χ2v) is 5.62. The maximum atomic E-state index is 12.1. The first-order chi connectivity index (χ1) is 13.0. The number of carbonyl (C=O) groups excluding carboxylic acids is 2. The van der Waals surface area contributed by atoms with Gasteiger partial charge >= 0.3 is 12.1 Å². The largest absolute Gasteiger partial charge is 0.466 e. The average Bonchev–Trinajstić information content (AvgIpc) is 2.67. The van der Waals surface area contributed by atoms with Crippen LogP contribution in [0.15, 0.2) is 54.6 Å². The number of non-ortho nitro benzene ring substituents is 1. The summed E-state index contributed by atoms with van der Waals surface area (Å²) in [5, 5.41) is 13.6. The molecule has 0 aliphatic heterocycles. The van der Waals surface area contributed by atoms with Crippen LogP contribution < -0.4 is 5.32 Å². The second-order valence-electron chi connectivity index (χ2n) is 5.62. The molecule has 0 saturated heterocycles. The van der Waals surface area contributed by atoms with Crippen LogP contribution >= 0.6 is 0 Å². The minimum Gasteiger partial charge on any atom is -0.466 e. The summed E-state index contributed by atoms with van der Waals surface area (Å²) in [7, 11) is 0. The van der Waals surface area contributed by atoms with Crippen LogP contribution in [0, 0.1) is 10.1 Å². The fraction of sp³-hybridized carbons (Fsp3) is 0.263. The number of benzene rings is 2. The number of esters is 1. The van der Waals surface area contributed by atoms with Crippen LogP contribution in [0.25, 0.3) is 0 Å². The molecule has 0 bridgehead atoms. The SMILES string of the molecule is CCOC(=O)C[C@@H](NC(=O)OCc1ccccc1)c1cccc([N+](=O)[O-])c1. The minimum absolute atomic E-state index is 0.0632. The number of rotatable bonds is 8. The molecule has 0 fully saturated rings. The Bertz CT molecular complexity index is 794. The van der Waals surface area contributed by atoms with Gasteiger partial charge in [0.15, 0.2) is 0 Å². The van der Waals surface area contributed by atoms with Crippen molar-refractivity contribution >= 4 is 17.7 Å². The lowest BCUT2D eigenvalue weighted by Crippen LogP contribution is -2.31. The molecule has 0 aliphatic rings. The van der Waals surface area contributed by atoms with Crippen molar-refractivity contribution in [1.82, 2.24) is 5.32 Å². The Labute approximate surface area is 156 Å². The van der Waals surface area contributed by atoms with E-state index < -0.39 is 23.0 Å². The average molecular weight is 372 g/mol. The standard InChI is InChI=1S/C19H20N2O6/c1-2-26-18(22)12-17(15-9-6-10-16(11-15)21(24)25)20-19(23)27-13-14-7-4-3-5-8-14/h3-11,17H,2,12-13H2,1H3,(H,20,23)/t17-/m1/s1. The fourth-order valence-corrected chi connectivity index (χ4v) is 2.40. The van der Waals surface area contributed by atoms with Crippen molar-refractivity contribution in [3.63, 3.8) is 0 Å². The van der Waals surface area contributed by atoms with Crippen molar-refractivity contribution in [2.24, 2.45) is 0 Å². The van der Waals surface area contributed by atoms with Gasteiger partial charge < -0.3 is 14.8 Å². The smallest absolute Gasteiger partial charge is 0.407 e. The third-order valence-electron chi connectivity index (χ3n) is 3.66. The van der Waals surface area contributed by atoms with Crippen LogP contribution in [0.2, 0.25) is 0 Å². The third-order valence-corrected chi connectivity index (χ3v) is 3.66. The van der Waals surface area contributed by atoms with Gasteiger partial charge in [0.25, 0.3) is 5.69 Å². The molecule has 1 amide bonds. The number of alkyl carbamates (subject to hydrolysis) is 1. The highest BCUT2D eigenvalue weighted by Crippen LogP contribution is 2.22. The summed E-state index contributed by atoms with van der Waals surface area (Å²) < 4.78 is 10.1. The molecule has 0 unspecified atom stereocenters. The third kappa shape index (κ3) is 6.43. The van der Waals surface area contributed by atoms with Gasteiger partial charge in [-0.3, -0.25) is 14.9 Å². The zero-order valence-electron chi connectivity index (χ0n) is 14.8. The van der Waals surface area contributed by atoms with Crippen molar-refractivity contribution < 1.29 is 24.0 Å². The van der Waals surface area contributed by atoms with Crippen LogP contribution in [0.4, 0.5) is 10.5 Å². The zero-order valence-corrected chi connectivity index (χ0v) is 14.8. The molecular formula is C19H20N2O6. The molecule has 2 rings (SSSR count). The molecule has 8 heteroatoms. The predicted molar refractivity (Wildman–Crippen MR) is 96.9 cm³/mol. The molecule has 142 valence electrons. The highest BCUT2D eigenvalue weighted by atomic mass is 16.6. The number of nitro benzene ring substituents is 1. The van der Waals surface area contributed by atoms with Gasteiger partial charge in [0, 0.05) is 12.1 Å². The number of nitrogens with one attached hydrogen (secondary N) is 1. The summed E-state index contributed by atoms with van der Waals surface area (Å²) >= 11 is 0. The first kappa shape index (κ1) is 19.9. The Morgan fingerprint density at radius 3 is 2.52 bits per heavy atom. The molecule has 0 aromatic heterocycles. The van der Waals surface area contributed by atoms with Crippen LogP contribution in [-0.2, 0) is 20.9 Å². The topological polar surface area (TPSA) is 108 Å². The van der Waals surface area contributed by atoms with E-state index >= 15 is 0 Å². The van der Waals surface area contributed by atoms with Gasteiger partial charge in [-0.15, -0.1) is 0 Å². The van der Waals surface area contributed by atoms with E-state index in [-0.39, 0.29) is 25.3 Å². The summed E-state index contributed by atoms with van der Waals surface area (Å²) in [6, 6.07) is 14.0. The normalized spacial score (nSPS) is 11.3. The molecule has 0 spiro atoms. The van der Waals surface area contributed by atoms with Gasteiger partial charge in [0.1, 0.15) is 6.61 Å². The van der Waals surface area contributed by atoms with E-state index in [4.69, 9.17) is 9.47 Å². The Balaban J connectivity index is 2.09. The lowest BCUT2D eigenvalue weighted by atomic mass is 10.0. The molecular weight excluding hydrogens is 352 g/mol. The van der Waals surface area contributed by atoms with Crippen molar-refractivity contribution in [3.8, 4) is 0 Å². The number of hydrogen-bond acceptors (Lipinski definition) is 6. The molecule has 1 atom stereocenters. The fourth-order valence-electron chi connectivity index (χ4n) is 2.40. The van der Waals surface area contributed by atoms with E-state index in [9.17, 15) is 19.7 Å². The summed E-state index contributed by atoms with van der Waals surface area (Å²) in [5.74, 6) is -0.530. The summed E-state index contributed by atoms with van der Waals surface area (Å²) in [6.45, 7) is 1.93. The molecule has 0 aliphatic carbocycles. The van der Waals surface area contributed by atoms with Gasteiger partial charge in [-0.05, 0) is 18.1 Å². The number of amides is 1. The molecule has 2 aromatic carbocycles. The highest BCUT2D eigenvalue weighted by Gasteiger charge is 2.22. The monoisotopic (exact) mass is 372 g/mol. The lowest BCUT2D eigenvalue weighted by Gasteiger charge is -2.18. The molecule has 2 aromatic rings. The number of carbonyl (C=O) groups is 2. The Hall–Kier alpha value is -3.42. The van der Waals surface area contributed by atoms with Gasteiger partial charge in [0.2, 0.25) is 0 Å². The quantitative estimate of drug-likeness (QED) is 0.431. The van der Waals surface area contributed by atoms with Gasteiger partial charge in [-0.1, -0.05) is 42.5 Å². The summed E-state index contributed by atoms with van der Waals surface area (Å²) in [6.07, 6.45) is -0.908. The number of hydrogen-bond donors (Lipinski definition) is 1. The molecule has 8 nitrogen and oxygen atoms in total.